The minimum atomic E-state index is -4.43. The lowest BCUT2D eigenvalue weighted by molar-refractivity contribution is -0.153. The van der Waals surface area contributed by atoms with Gasteiger partial charge in [-0.2, -0.15) is 13.2 Å². The number of amides is 2. The van der Waals surface area contributed by atoms with Gasteiger partial charge < -0.3 is 19.8 Å². The zero-order valence-corrected chi connectivity index (χ0v) is 12.9. The van der Waals surface area contributed by atoms with Crippen LogP contribution >= 0.6 is 0 Å². The van der Waals surface area contributed by atoms with Crippen LogP contribution in [-0.2, 0) is 11.3 Å². The van der Waals surface area contributed by atoms with Crippen molar-refractivity contribution in [3.63, 3.8) is 0 Å². The second-order valence-electron chi connectivity index (χ2n) is 4.97. The van der Waals surface area contributed by atoms with Gasteiger partial charge in [0.25, 0.3) is 5.91 Å². The Bertz CT molecular complexity index is 697. The van der Waals surface area contributed by atoms with Crippen molar-refractivity contribution in [1.29, 1.82) is 0 Å². The molecule has 0 bridgehead atoms. The van der Waals surface area contributed by atoms with Crippen LogP contribution in [0.3, 0.4) is 0 Å². The molecule has 1 aromatic heterocycles. The molecule has 0 aliphatic heterocycles. The van der Waals surface area contributed by atoms with Crippen molar-refractivity contribution < 1.29 is 31.9 Å². The molecule has 1 aromatic carbocycles. The molecule has 0 saturated heterocycles. The maximum Gasteiger partial charge on any atom is 0.422 e. The molecule has 2 aromatic rings. The standard InChI is InChI=1S/C16H15F3N2O4/c17-16(18,19)10-25-12-5-3-11(4-6-12)15(23)21-9-14(22)20-8-13-2-1-7-24-13/h1-7H,8-10H2,(H,20,22)(H,21,23). The number of halogens is 3. The largest absolute Gasteiger partial charge is 0.484 e. The van der Waals surface area contributed by atoms with Crippen LogP contribution in [0.4, 0.5) is 13.2 Å². The zero-order valence-electron chi connectivity index (χ0n) is 12.9. The monoisotopic (exact) mass is 356 g/mol. The number of hydrogen-bond acceptors (Lipinski definition) is 4. The first-order valence-electron chi connectivity index (χ1n) is 7.20. The second-order valence-corrected chi connectivity index (χ2v) is 4.97. The molecular formula is C16H15F3N2O4. The van der Waals surface area contributed by atoms with E-state index in [-0.39, 0.29) is 24.4 Å². The molecule has 0 saturated carbocycles. The highest BCUT2D eigenvalue weighted by atomic mass is 19.4. The number of hydrogen-bond donors (Lipinski definition) is 2. The minimum absolute atomic E-state index is 0.00920. The van der Waals surface area contributed by atoms with Crippen molar-refractivity contribution >= 4 is 11.8 Å². The molecule has 2 amide bonds. The molecule has 0 aliphatic rings. The molecule has 6 nitrogen and oxygen atoms in total. The van der Waals surface area contributed by atoms with E-state index in [1.165, 1.54) is 30.5 Å². The lowest BCUT2D eigenvalue weighted by atomic mass is 10.2. The summed E-state index contributed by atoms with van der Waals surface area (Å²) in [5.74, 6) is -0.371. The van der Waals surface area contributed by atoms with Crippen LogP contribution in [0.2, 0.25) is 0 Å². The summed E-state index contributed by atoms with van der Waals surface area (Å²) >= 11 is 0. The van der Waals surface area contributed by atoms with E-state index in [1.807, 2.05) is 0 Å². The Labute approximate surface area is 141 Å². The first-order valence-corrected chi connectivity index (χ1v) is 7.20. The number of alkyl halides is 3. The Morgan fingerprint density at radius 3 is 2.40 bits per heavy atom. The number of rotatable bonds is 7. The van der Waals surface area contributed by atoms with Gasteiger partial charge in [0.2, 0.25) is 5.91 Å². The summed E-state index contributed by atoms with van der Waals surface area (Å²) in [7, 11) is 0. The minimum Gasteiger partial charge on any atom is -0.484 e. The molecule has 25 heavy (non-hydrogen) atoms. The summed E-state index contributed by atoms with van der Waals surface area (Å²) in [6.07, 6.45) is -2.95. The summed E-state index contributed by atoms with van der Waals surface area (Å²) in [4.78, 5) is 23.5. The van der Waals surface area contributed by atoms with Crippen molar-refractivity contribution in [2.24, 2.45) is 0 Å². The average molecular weight is 356 g/mol. The molecule has 134 valence electrons. The molecule has 9 heteroatoms. The summed E-state index contributed by atoms with van der Waals surface area (Å²) < 4.78 is 45.7. The van der Waals surface area contributed by atoms with E-state index in [4.69, 9.17) is 4.42 Å². The van der Waals surface area contributed by atoms with E-state index < -0.39 is 24.6 Å². The van der Waals surface area contributed by atoms with Gasteiger partial charge in [-0.15, -0.1) is 0 Å². The van der Waals surface area contributed by atoms with Gasteiger partial charge in [0, 0.05) is 5.56 Å². The van der Waals surface area contributed by atoms with Crippen LogP contribution in [0.15, 0.2) is 47.1 Å². The third-order valence-electron chi connectivity index (χ3n) is 2.97. The number of ether oxygens (including phenoxy) is 1. The average Bonchev–Trinajstić information content (AvgIpc) is 3.09. The van der Waals surface area contributed by atoms with E-state index in [0.29, 0.717) is 5.76 Å². The van der Waals surface area contributed by atoms with Crippen molar-refractivity contribution in [2.75, 3.05) is 13.2 Å². The third kappa shape index (κ3) is 6.58. The Morgan fingerprint density at radius 1 is 1.08 bits per heavy atom. The Balaban J connectivity index is 1.75. The van der Waals surface area contributed by atoms with Crippen LogP contribution in [0, 0.1) is 0 Å². The first kappa shape index (κ1) is 18.4. The number of nitrogens with one attached hydrogen (secondary N) is 2. The fourth-order valence-corrected chi connectivity index (χ4v) is 1.79. The van der Waals surface area contributed by atoms with E-state index >= 15 is 0 Å². The fraction of sp³-hybridized carbons (Fsp3) is 0.250. The molecule has 0 radical (unpaired) electrons. The zero-order chi connectivity index (χ0) is 18.3. The molecule has 0 unspecified atom stereocenters. The van der Waals surface area contributed by atoms with Gasteiger partial charge in [0.05, 0.1) is 19.4 Å². The van der Waals surface area contributed by atoms with E-state index in [9.17, 15) is 22.8 Å². The second kappa shape index (κ2) is 8.22. The number of carbonyl (C=O) groups is 2. The topological polar surface area (TPSA) is 80.6 Å². The fourth-order valence-electron chi connectivity index (χ4n) is 1.79. The third-order valence-corrected chi connectivity index (χ3v) is 2.97. The Morgan fingerprint density at radius 2 is 1.80 bits per heavy atom. The Kier molecular flexibility index (Phi) is 6.04. The predicted octanol–water partition coefficient (Wildman–Crippen LogP) is 2.27. The van der Waals surface area contributed by atoms with Gasteiger partial charge in [0.1, 0.15) is 11.5 Å². The highest BCUT2D eigenvalue weighted by molar-refractivity contribution is 5.96. The lowest BCUT2D eigenvalue weighted by Crippen LogP contribution is -2.36. The van der Waals surface area contributed by atoms with Gasteiger partial charge >= 0.3 is 6.18 Å². The van der Waals surface area contributed by atoms with E-state index in [2.05, 4.69) is 15.4 Å². The van der Waals surface area contributed by atoms with Gasteiger partial charge in [-0.25, -0.2) is 0 Å². The molecular weight excluding hydrogens is 341 g/mol. The molecule has 2 rings (SSSR count). The molecule has 0 fully saturated rings. The first-order chi connectivity index (χ1) is 11.8. The summed E-state index contributed by atoms with van der Waals surface area (Å²) in [5.41, 5.74) is 0.193. The van der Waals surface area contributed by atoms with Gasteiger partial charge in [-0.1, -0.05) is 0 Å². The lowest BCUT2D eigenvalue weighted by Gasteiger charge is -2.10. The normalized spacial score (nSPS) is 11.0. The highest BCUT2D eigenvalue weighted by Crippen LogP contribution is 2.18. The van der Waals surface area contributed by atoms with Crippen molar-refractivity contribution in [2.45, 2.75) is 12.7 Å². The van der Waals surface area contributed by atoms with E-state index in [0.717, 1.165) is 0 Å². The maximum atomic E-state index is 12.0. The summed E-state index contributed by atoms with van der Waals surface area (Å²) in [6, 6.07) is 8.49. The molecule has 0 spiro atoms. The summed E-state index contributed by atoms with van der Waals surface area (Å²) in [5, 5.41) is 4.96. The number of furan rings is 1. The molecule has 0 aliphatic carbocycles. The van der Waals surface area contributed by atoms with Gasteiger partial charge in [0.15, 0.2) is 6.61 Å². The quantitative estimate of drug-likeness (QED) is 0.798. The SMILES string of the molecule is O=C(CNC(=O)c1ccc(OCC(F)(F)F)cc1)NCc1ccco1. The molecule has 2 N–H and O–H groups in total. The number of benzene rings is 1. The van der Waals surface area contributed by atoms with Crippen molar-refractivity contribution in [3.8, 4) is 5.75 Å². The smallest absolute Gasteiger partial charge is 0.422 e. The van der Waals surface area contributed by atoms with Crippen LogP contribution in [0.5, 0.6) is 5.75 Å². The highest BCUT2D eigenvalue weighted by Gasteiger charge is 2.28. The molecule has 0 atom stereocenters. The van der Waals surface area contributed by atoms with Crippen LogP contribution in [-0.4, -0.2) is 31.1 Å². The van der Waals surface area contributed by atoms with Crippen LogP contribution in [0.25, 0.3) is 0 Å². The molecule has 1 heterocycles. The van der Waals surface area contributed by atoms with Gasteiger partial charge in [-0.3, -0.25) is 9.59 Å². The van der Waals surface area contributed by atoms with Crippen LogP contribution in [0.1, 0.15) is 16.1 Å². The summed E-state index contributed by atoms with van der Waals surface area (Å²) in [6.45, 7) is -1.45. The van der Waals surface area contributed by atoms with E-state index in [1.54, 1.807) is 12.1 Å². The predicted molar refractivity (Wildman–Crippen MR) is 80.9 cm³/mol. The maximum absolute atomic E-state index is 12.0. The van der Waals surface area contributed by atoms with Crippen molar-refractivity contribution in [1.82, 2.24) is 10.6 Å². The van der Waals surface area contributed by atoms with Crippen LogP contribution < -0.4 is 15.4 Å². The number of carbonyl (C=O) groups excluding carboxylic acids is 2. The van der Waals surface area contributed by atoms with Gasteiger partial charge in [-0.05, 0) is 36.4 Å². The Hall–Kier alpha value is -2.97. The van der Waals surface area contributed by atoms with Crippen molar-refractivity contribution in [3.05, 3.63) is 54.0 Å².